The van der Waals surface area contributed by atoms with E-state index >= 15 is 0 Å². The van der Waals surface area contributed by atoms with Gasteiger partial charge in [0.2, 0.25) is 0 Å². The summed E-state index contributed by atoms with van der Waals surface area (Å²) in [7, 11) is 2.11. The van der Waals surface area contributed by atoms with Gasteiger partial charge in [0.1, 0.15) is 0 Å². The second-order valence-electron chi connectivity index (χ2n) is 6.23. The van der Waals surface area contributed by atoms with Crippen molar-refractivity contribution in [2.75, 3.05) is 26.7 Å². The Labute approximate surface area is 159 Å². The van der Waals surface area contributed by atoms with Crippen molar-refractivity contribution in [1.29, 1.82) is 0 Å². The highest BCUT2D eigenvalue weighted by molar-refractivity contribution is 7.09. The van der Waals surface area contributed by atoms with Gasteiger partial charge in [-0.15, -0.1) is 11.3 Å². The van der Waals surface area contributed by atoms with Crippen LogP contribution in [0.4, 0.5) is 0 Å². The molecular weight excluding hydrogens is 340 g/mol. The van der Waals surface area contributed by atoms with Crippen molar-refractivity contribution in [3.63, 3.8) is 0 Å². The minimum absolute atomic E-state index is 0.751. The molecule has 0 spiro atoms. The number of likely N-dealkylation sites (N-methyl/N-ethyl adjacent to an activating group) is 1. The van der Waals surface area contributed by atoms with Gasteiger partial charge in [0.15, 0.2) is 5.96 Å². The summed E-state index contributed by atoms with van der Waals surface area (Å²) >= 11 is 1.81. The summed E-state index contributed by atoms with van der Waals surface area (Å²) in [6.45, 7) is 4.69. The van der Waals surface area contributed by atoms with E-state index < -0.39 is 0 Å². The van der Waals surface area contributed by atoms with E-state index in [0.29, 0.717) is 0 Å². The molecule has 0 amide bonds. The third kappa shape index (κ3) is 4.82. The number of thiophene rings is 1. The first-order valence-corrected chi connectivity index (χ1v) is 10.0. The summed E-state index contributed by atoms with van der Waals surface area (Å²) in [5.41, 5.74) is 2.34. The highest BCUT2D eigenvalue weighted by atomic mass is 32.1. The number of aromatic nitrogens is 1. The number of guanidine groups is 1. The smallest absolute Gasteiger partial charge is 0.193 e. The van der Waals surface area contributed by atoms with Crippen LogP contribution >= 0.6 is 11.3 Å². The number of para-hydroxylation sites is 1. The molecule has 0 aliphatic rings. The number of nitrogens with zero attached hydrogens (tertiary/aromatic N) is 3. The van der Waals surface area contributed by atoms with Gasteiger partial charge < -0.3 is 10.2 Å². The number of hydrogen-bond acceptors (Lipinski definition) is 3. The molecule has 0 aliphatic carbocycles. The molecule has 0 fully saturated rings. The molecule has 2 aromatic heterocycles. The van der Waals surface area contributed by atoms with Gasteiger partial charge >= 0.3 is 0 Å². The van der Waals surface area contributed by atoms with Gasteiger partial charge in [-0.2, -0.15) is 0 Å². The molecule has 3 rings (SSSR count). The molecule has 0 saturated heterocycles. The van der Waals surface area contributed by atoms with Crippen molar-refractivity contribution >= 4 is 28.2 Å². The Morgan fingerprint density at radius 2 is 2.04 bits per heavy atom. The van der Waals surface area contributed by atoms with E-state index in [4.69, 9.17) is 4.99 Å². The third-order valence-electron chi connectivity index (χ3n) is 4.33. The highest BCUT2D eigenvalue weighted by Crippen LogP contribution is 2.16. The van der Waals surface area contributed by atoms with Crippen LogP contribution < -0.4 is 5.32 Å². The highest BCUT2D eigenvalue weighted by Gasteiger charge is 2.07. The molecule has 1 N–H and O–H groups in total. The van der Waals surface area contributed by atoms with Crippen LogP contribution in [0.25, 0.3) is 10.9 Å². The van der Waals surface area contributed by atoms with Gasteiger partial charge in [-0.05, 0) is 42.8 Å². The first-order chi connectivity index (χ1) is 12.8. The molecule has 0 unspecified atom stereocenters. The summed E-state index contributed by atoms with van der Waals surface area (Å²) in [5, 5.41) is 6.72. The molecular formula is C21H26N4S. The molecule has 0 radical (unpaired) electrons. The SMILES string of the molecule is CCNC(=NCCc1cccc2cccnc12)N(C)CCc1cccs1. The zero-order chi connectivity index (χ0) is 18.2. The van der Waals surface area contributed by atoms with Crippen LogP contribution in [0.2, 0.25) is 0 Å². The number of hydrogen-bond donors (Lipinski definition) is 1. The maximum absolute atomic E-state index is 4.82. The van der Waals surface area contributed by atoms with E-state index in [1.165, 1.54) is 15.8 Å². The van der Waals surface area contributed by atoms with Crippen LogP contribution in [-0.4, -0.2) is 42.5 Å². The Balaban J connectivity index is 1.63. The van der Waals surface area contributed by atoms with Crippen molar-refractivity contribution in [2.24, 2.45) is 4.99 Å². The van der Waals surface area contributed by atoms with E-state index in [2.05, 4.69) is 71.0 Å². The fourth-order valence-electron chi connectivity index (χ4n) is 2.96. The fraction of sp³-hybridized carbons (Fsp3) is 0.333. The van der Waals surface area contributed by atoms with Gasteiger partial charge in [0.05, 0.1) is 5.52 Å². The van der Waals surface area contributed by atoms with Crippen LogP contribution in [0.15, 0.2) is 59.0 Å². The van der Waals surface area contributed by atoms with Crippen LogP contribution in [0, 0.1) is 0 Å². The molecule has 26 heavy (non-hydrogen) atoms. The lowest BCUT2D eigenvalue weighted by atomic mass is 10.1. The number of benzene rings is 1. The first kappa shape index (κ1) is 18.4. The molecule has 2 heterocycles. The van der Waals surface area contributed by atoms with Crippen LogP contribution in [0.5, 0.6) is 0 Å². The zero-order valence-corrected chi connectivity index (χ0v) is 16.3. The Kier molecular flexibility index (Phi) is 6.61. The van der Waals surface area contributed by atoms with Crippen molar-refractivity contribution < 1.29 is 0 Å². The third-order valence-corrected chi connectivity index (χ3v) is 5.27. The van der Waals surface area contributed by atoms with Gasteiger partial charge in [0.25, 0.3) is 0 Å². The number of aliphatic imine (C=N–C) groups is 1. The predicted octanol–water partition coefficient (Wildman–Crippen LogP) is 3.98. The molecule has 0 saturated carbocycles. The summed E-state index contributed by atoms with van der Waals surface area (Å²) in [6, 6.07) is 14.7. The van der Waals surface area contributed by atoms with E-state index in [-0.39, 0.29) is 0 Å². The topological polar surface area (TPSA) is 40.5 Å². The van der Waals surface area contributed by atoms with Gasteiger partial charge in [-0.25, -0.2) is 0 Å². The second-order valence-corrected chi connectivity index (χ2v) is 7.26. The average molecular weight is 367 g/mol. The lowest BCUT2D eigenvalue weighted by Gasteiger charge is -2.21. The van der Waals surface area contributed by atoms with E-state index in [0.717, 1.165) is 44.0 Å². The van der Waals surface area contributed by atoms with Crippen molar-refractivity contribution in [3.05, 3.63) is 64.5 Å². The lowest BCUT2D eigenvalue weighted by Crippen LogP contribution is -2.40. The summed E-state index contributed by atoms with van der Waals surface area (Å²) < 4.78 is 0. The number of pyridine rings is 1. The van der Waals surface area contributed by atoms with Gasteiger partial charge in [0, 0.05) is 43.1 Å². The minimum Gasteiger partial charge on any atom is -0.357 e. The molecule has 136 valence electrons. The monoisotopic (exact) mass is 366 g/mol. The maximum atomic E-state index is 4.82. The fourth-order valence-corrected chi connectivity index (χ4v) is 3.66. The quantitative estimate of drug-likeness (QED) is 0.508. The Morgan fingerprint density at radius 1 is 1.15 bits per heavy atom. The average Bonchev–Trinajstić information content (AvgIpc) is 3.19. The van der Waals surface area contributed by atoms with Gasteiger partial charge in [-0.1, -0.05) is 30.3 Å². The molecule has 0 aliphatic heterocycles. The number of fused-ring (bicyclic) bond motifs is 1. The predicted molar refractivity (Wildman–Crippen MR) is 112 cm³/mol. The van der Waals surface area contributed by atoms with Crippen molar-refractivity contribution in [3.8, 4) is 0 Å². The van der Waals surface area contributed by atoms with E-state index in [1.54, 1.807) is 0 Å². The van der Waals surface area contributed by atoms with Gasteiger partial charge in [-0.3, -0.25) is 9.98 Å². The van der Waals surface area contributed by atoms with Crippen LogP contribution in [0.3, 0.4) is 0 Å². The molecule has 3 aromatic rings. The Morgan fingerprint density at radius 3 is 2.85 bits per heavy atom. The summed E-state index contributed by atoms with van der Waals surface area (Å²) in [4.78, 5) is 13.0. The summed E-state index contributed by atoms with van der Waals surface area (Å²) in [5.74, 6) is 0.970. The standard InChI is InChI=1S/C21H26N4S/c1-3-22-21(25(2)15-12-19-10-6-16-26-19)24-14-11-18-8-4-7-17-9-5-13-23-20(17)18/h4-10,13,16H,3,11-12,14-15H2,1-2H3,(H,22,24). The van der Waals surface area contributed by atoms with Crippen molar-refractivity contribution in [2.45, 2.75) is 19.8 Å². The number of nitrogens with one attached hydrogen (secondary N) is 1. The summed E-state index contributed by atoms with van der Waals surface area (Å²) in [6.07, 6.45) is 3.80. The number of rotatable bonds is 7. The van der Waals surface area contributed by atoms with Crippen molar-refractivity contribution in [1.82, 2.24) is 15.2 Å². The largest absolute Gasteiger partial charge is 0.357 e. The first-order valence-electron chi connectivity index (χ1n) is 9.12. The molecule has 4 nitrogen and oxygen atoms in total. The van der Waals surface area contributed by atoms with E-state index in [9.17, 15) is 0 Å². The molecule has 5 heteroatoms. The van der Waals surface area contributed by atoms with Crippen LogP contribution in [-0.2, 0) is 12.8 Å². The maximum Gasteiger partial charge on any atom is 0.193 e. The van der Waals surface area contributed by atoms with E-state index in [1.807, 2.05) is 23.6 Å². The van der Waals surface area contributed by atoms with Crippen LogP contribution in [0.1, 0.15) is 17.4 Å². The minimum atomic E-state index is 0.751. The Hall–Kier alpha value is -2.40. The second kappa shape index (κ2) is 9.34. The lowest BCUT2D eigenvalue weighted by molar-refractivity contribution is 0.487. The molecule has 1 aromatic carbocycles. The normalized spacial score (nSPS) is 11.7. The molecule has 0 atom stereocenters. The Bertz CT molecular complexity index is 837. The molecule has 0 bridgehead atoms. The zero-order valence-electron chi connectivity index (χ0n) is 15.5.